The van der Waals surface area contributed by atoms with Gasteiger partial charge < -0.3 is 5.11 Å². The van der Waals surface area contributed by atoms with E-state index < -0.39 is 11.8 Å². The molecule has 13 heavy (non-hydrogen) atoms. The van der Waals surface area contributed by atoms with E-state index in [-0.39, 0.29) is 12.0 Å². The van der Waals surface area contributed by atoms with Crippen molar-refractivity contribution >= 4 is 0 Å². The lowest BCUT2D eigenvalue weighted by atomic mass is 9.73. The standard InChI is InChI=1S/C9H7F3O/c10-9(11,12)8(13)5-6-3-1-2-4-7(6)8/h1-4,13H,5H2. The summed E-state index contributed by atoms with van der Waals surface area (Å²) >= 11 is 0. The van der Waals surface area contributed by atoms with Crippen LogP contribution >= 0.6 is 0 Å². The van der Waals surface area contributed by atoms with Crippen molar-refractivity contribution in [2.45, 2.75) is 18.2 Å². The first-order valence-electron chi connectivity index (χ1n) is 3.83. The molecule has 1 aromatic rings. The lowest BCUT2D eigenvalue weighted by Crippen LogP contribution is -2.50. The highest BCUT2D eigenvalue weighted by molar-refractivity contribution is 5.43. The Labute approximate surface area is 72.8 Å². The van der Waals surface area contributed by atoms with Crippen LogP contribution in [0.5, 0.6) is 0 Å². The first-order valence-corrected chi connectivity index (χ1v) is 3.83. The van der Waals surface area contributed by atoms with E-state index in [1.165, 1.54) is 12.1 Å². The summed E-state index contributed by atoms with van der Waals surface area (Å²) in [6.45, 7) is 0. The highest BCUT2D eigenvalue weighted by Crippen LogP contribution is 2.49. The lowest BCUT2D eigenvalue weighted by molar-refractivity contribution is -0.275. The fourth-order valence-corrected chi connectivity index (χ4v) is 1.60. The van der Waals surface area contributed by atoms with Gasteiger partial charge in [0, 0.05) is 6.42 Å². The number of alkyl halides is 3. The average Bonchev–Trinajstić information content (AvgIpc) is 2.00. The summed E-state index contributed by atoms with van der Waals surface area (Å²) in [6, 6.07) is 6.06. The van der Waals surface area contributed by atoms with Crippen LogP contribution < -0.4 is 0 Å². The highest BCUT2D eigenvalue weighted by atomic mass is 19.4. The molecule has 0 saturated heterocycles. The van der Waals surface area contributed by atoms with E-state index in [1.807, 2.05) is 0 Å². The van der Waals surface area contributed by atoms with Crippen LogP contribution in [-0.2, 0) is 12.0 Å². The Morgan fingerprint density at radius 2 is 1.85 bits per heavy atom. The first-order chi connectivity index (χ1) is 5.95. The topological polar surface area (TPSA) is 20.2 Å². The maximum Gasteiger partial charge on any atom is 0.421 e. The summed E-state index contributed by atoms with van der Waals surface area (Å²) in [5.74, 6) is 0. The zero-order valence-electron chi connectivity index (χ0n) is 6.60. The molecule has 0 aromatic heterocycles. The number of fused-ring (bicyclic) bond motifs is 1. The second-order valence-electron chi connectivity index (χ2n) is 3.19. The van der Waals surface area contributed by atoms with Crippen LogP contribution in [0.15, 0.2) is 24.3 Å². The Balaban J connectivity index is 2.45. The van der Waals surface area contributed by atoms with Crippen LogP contribution in [-0.4, -0.2) is 11.3 Å². The SMILES string of the molecule is OC1(C(F)(F)F)Cc2ccccc21. The Morgan fingerprint density at radius 3 is 2.38 bits per heavy atom. The van der Waals surface area contributed by atoms with Gasteiger partial charge in [0.1, 0.15) is 0 Å². The molecule has 0 saturated carbocycles. The third kappa shape index (κ3) is 0.983. The predicted molar refractivity (Wildman–Crippen MR) is 40.1 cm³/mol. The summed E-state index contributed by atoms with van der Waals surface area (Å²) < 4.78 is 36.9. The van der Waals surface area contributed by atoms with Crippen molar-refractivity contribution in [1.29, 1.82) is 0 Å². The van der Waals surface area contributed by atoms with Gasteiger partial charge in [-0.25, -0.2) is 0 Å². The maximum atomic E-state index is 12.3. The van der Waals surface area contributed by atoms with Gasteiger partial charge >= 0.3 is 6.18 Å². The number of halogens is 3. The molecule has 0 aliphatic heterocycles. The van der Waals surface area contributed by atoms with E-state index in [9.17, 15) is 18.3 Å². The molecule has 1 aliphatic carbocycles. The van der Waals surface area contributed by atoms with E-state index >= 15 is 0 Å². The molecule has 1 aromatic carbocycles. The summed E-state index contributed by atoms with van der Waals surface area (Å²) in [7, 11) is 0. The quantitative estimate of drug-likeness (QED) is 0.660. The van der Waals surface area contributed by atoms with Gasteiger partial charge in [0.05, 0.1) is 0 Å². The van der Waals surface area contributed by atoms with Gasteiger partial charge in [-0.3, -0.25) is 0 Å². The zero-order chi connectivity index (χ0) is 9.69. The van der Waals surface area contributed by atoms with E-state index in [0.29, 0.717) is 5.56 Å². The van der Waals surface area contributed by atoms with Crippen molar-refractivity contribution in [3.8, 4) is 0 Å². The molecular weight excluding hydrogens is 181 g/mol. The Kier molecular flexibility index (Phi) is 1.49. The van der Waals surface area contributed by atoms with Crippen molar-refractivity contribution in [1.82, 2.24) is 0 Å². The van der Waals surface area contributed by atoms with Crippen molar-refractivity contribution < 1.29 is 18.3 Å². The normalized spacial score (nSPS) is 26.5. The fourth-order valence-electron chi connectivity index (χ4n) is 1.60. The van der Waals surface area contributed by atoms with Crippen molar-refractivity contribution in [2.75, 3.05) is 0 Å². The van der Waals surface area contributed by atoms with Crippen LogP contribution in [0.25, 0.3) is 0 Å². The Morgan fingerprint density at radius 1 is 1.23 bits per heavy atom. The van der Waals surface area contributed by atoms with Crippen LogP contribution in [0.3, 0.4) is 0 Å². The van der Waals surface area contributed by atoms with Gasteiger partial charge in [-0.1, -0.05) is 24.3 Å². The maximum absolute atomic E-state index is 12.3. The fraction of sp³-hybridized carbons (Fsp3) is 0.333. The van der Waals surface area contributed by atoms with Crippen LogP contribution in [0.4, 0.5) is 13.2 Å². The Bertz CT molecular complexity index is 345. The molecule has 1 atom stereocenters. The Hall–Kier alpha value is -1.03. The molecule has 0 spiro atoms. The van der Waals surface area contributed by atoms with Crippen LogP contribution in [0, 0.1) is 0 Å². The molecule has 0 heterocycles. The van der Waals surface area contributed by atoms with Gasteiger partial charge in [-0.05, 0) is 11.1 Å². The van der Waals surface area contributed by atoms with Gasteiger partial charge in [0.25, 0.3) is 0 Å². The number of hydrogen-bond donors (Lipinski definition) is 1. The van der Waals surface area contributed by atoms with E-state index in [2.05, 4.69) is 0 Å². The van der Waals surface area contributed by atoms with Crippen molar-refractivity contribution in [2.24, 2.45) is 0 Å². The summed E-state index contributed by atoms with van der Waals surface area (Å²) in [5, 5.41) is 9.27. The van der Waals surface area contributed by atoms with Gasteiger partial charge in [0.15, 0.2) is 5.60 Å². The summed E-state index contributed by atoms with van der Waals surface area (Å²) in [4.78, 5) is 0. The van der Waals surface area contributed by atoms with Gasteiger partial charge in [-0.2, -0.15) is 13.2 Å². The second-order valence-corrected chi connectivity index (χ2v) is 3.19. The molecule has 1 nitrogen and oxygen atoms in total. The van der Waals surface area contributed by atoms with Crippen LogP contribution in [0.2, 0.25) is 0 Å². The molecule has 2 rings (SSSR count). The zero-order valence-corrected chi connectivity index (χ0v) is 6.60. The third-order valence-electron chi connectivity index (χ3n) is 2.38. The second kappa shape index (κ2) is 2.26. The molecular formula is C9H7F3O. The third-order valence-corrected chi connectivity index (χ3v) is 2.38. The molecule has 0 radical (unpaired) electrons. The number of hydrogen-bond acceptors (Lipinski definition) is 1. The minimum Gasteiger partial charge on any atom is -0.376 e. The monoisotopic (exact) mass is 188 g/mol. The molecule has 1 aliphatic rings. The smallest absolute Gasteiger partial charge is 0.376 e. The highest BCUT2D eigenvalue weighted by Gasteiger charge is 2.60. The number of benzene rings is 1. The van der Waals surface area contributed by atoms with E-state index in [4.69, 9.17) is 0 Å². The van der Waals surface area contributed by atoms with Crippen molar-refractivity contribution in [3.63, 3.8) is 0 Å². The number of rotatable bonds is 0. The predicted octanol–water partition coefficient (Wildman–Crippen LogP) is 1.99. The molecule has 70 valence electrons. The minimum absolute atomic E-state index is 0.0116. The largest absolute Gasteiger partial charge is 0.421 e. The summed E-state index contributed by atoms with van der Waals surface area (Å²) in [5.41, 5.74) is -2.05. The molecule has 0 bridgehead atoms. The average molecular weight is 188 g/mol. The first kappa shape index (κ1) is 8.56. The molecule has 1 N–H and O–H groups in total. The molecule has 4 heteroatoms. The molecule has 0 amide bonds. The van der Waals surface area contributed by atoms with Gasteiger partial charge in [0.2, 0.25) is 0 Å². The van der Waals surface area contributed by atoms with E-state index in [1.54, 1.807) is 12.1 Å². The molecule has 1 unspecified atom stereocenters. The van der Waals surface area contributed by atoms with Crippen molar-refractivity contribution in [3.05, 3.63) is 35.4 Å². The minimum atomic E-state index is -4.57. The number of aliphatic hydroxyl groups is 1. The van der Waals surface area contributed by atoms with Gasteiger partial charge in [-0.15, -0.1) is 0 Å². The van der Waals surface area contributed by atoms with E-state index in [0.717, 1.165) is 0 Å². The molecule has 0 fully saturated rings. The summed E-state index contributed by atoms with van der Waals surface area (Å²) in [6.07, 6.45) is -4.89. The van der Waals surface area contributed by atoms with Crippen LogP contribution in [0.1, 0.15) is 11.1 Å². The lowest BCUT2D eigenvalue weighted by Gasteiger charge is -2.40.